The molecule has 3 aromatic carbocycles. The van der Waals surface area contributed by atoms with Gasteiger partial charge >= 0.3 is 0 Å². The lowest BCUT2D eigenvalue weighted by Gasteiger charge is -2.28. The van der Waals surface area contributed by atoms with E-state index in [0.717, 1.165) is 28.4 Å². The summed E-state index contributed by atoms with van der Waals surface area (Å²) in [5.41, 5.74) is 1.78. The SMILES string of the molecule is Cc1cc(C(=O)NC(c2ccccc2)[C@@]2(C)CC2C(C)C(=O)Nc2ccc3ccccc3c2)no1. The number of aromatic nitrogens is 1. The highest BCUT2D eigenvalue weighted by atomic mass is 16.5. The van der Waals surface area contributed by atoms with Gasteiger partial charge in [-0.1, -0.05) is 79.7 Å². The third-order valence-corrected chi connectivity index (χ3v) is 7.31. The average molecular weight is 468 g/mol. The number of nitrogens with zero attached hydrogens (tertiary/aromatic N) is 1. The predicted octanol–water partition coefficient (Wildman–Crippen LogP) is 5.91. The van der Waals surface area contributed by atoms with Crippen LogP contribution in [0.3, 0.4) is 0 Å². The molecule has 4 aromatic rings. The Morgan fingerprint density at radius 2 is 1.71 bits per heavy atom. The average Bonchev–Trinajstić information content (AvgIpc) is 3.37. The van der Waals surface area contributed by atoms with Gasteiger partial charge in [0.2, 0.25) is 5.91 Å². The van der Waals surface area contributed by atoms with E-state index in [4.69, 9.17) is 4.52 Å². The molecule has 0 aliphatic heterocycles. The number of aryl methyl sites for hydroxylation is 1. The molecule has 5 rings (SSSR count). The van der Waals surface area contributed by atoms with Crippen molar-refractivity contribution in [3.63, 3.8) is 0 Å². The van der Waals surface area contributed by atoms with Gasteiger partial charge in [0, 0.05) is 17.7 Å². The molecule has 0 spiro atoms. The summed E-state index contributed by atoms with van der Waals surface area (Å²) in [4.78, 5) is 26.2. The number of carbonyl (C=O) groups is 2. The molecule has 0 saturated heterocycles. The quantitative estimate of drug-likeness (QED) is 0.354. The van der Waals surface area contributed by atoms with Gasteiger partial charge in [0.15, 0.2) is 5.69 Å². The van der Waals surface area contributed by atoms with Crippen LogP contribution in [0.2, 0.25) is 0 Å². The second-order valence-corrected chi connectivity index (χ2v) is 9.80. The fraction of sp³-hybridized carbons (Fsp3) is 0.276. The van der Waals surface area contributed by atoms with E-state index in [9.17, 15) is 9.59 Å². The zero-order valence-corrected chi connectivity index (χ0v) is 20.1. The Kier molecular flexibility index (Phi) is 5.89. The molecule has 6 nitrogen and oxygen atoms in total. The van der Waals surface area contributed by atoms with Gasteiger partial charge in [-0.2, -0.15) is 0 Å². The molecule has 6 heteroatoms. The summed E-state index contributed by atoms with van der Waals surface area (Å²) in [5.74, 6) is 0.187. The van der Waals surface area contributed by atoms with Crippen molar-refractivity contribution in [1.29, 1.82) is 0 Å². The van der Waals surface area contributed by atoms with Crippen molar-refractivity contribution in [2.24, 2.45) is 17.3 Å². The highest BCUT2D eigenvalue weighted by Crippen LogP contribution is 2.63. The highest BCUT2D eigenvalue weighted by Gasteiger charge is 2.59. The Morgan fingerprint density at radius 3 is 2.43 bits per heavy atom. The zero-order valence-electron chi connectivity index (χ0n) is 20.1. The fourth-order valence-electron chi connectivity index (χ4n) is 5.15. The number of amides is 2. The molecule has 0 radical (unpaired) electrons. The maximum Gasteiger partial charge on any atom is 0.273 e. The van der Waals surface area contributed by atoms with E-state index in [1.165, 1.54) is 0 Å². The molecule has 1 aromatic heterocycles. The number of hydrogen-bond acceptors (Lipinski definition) is 4. The van der Waals surface area contributed by atoms with Gasteiger partial charge in [-0.3, -0.25) is 9.59 Å². The molecular formula is C29H29N3O3. The Hall–Kier alpha value is -3.93. The number of anilines is 1. The molecule has 2 amide bonds. The molecule has 178 valence electrons. The monoisotopic (exact) mass is 467 g/mol. The van der Waals surface area contributed by atoms with Crippen molar-refractivity contribution in [2.75, 3.05) is 5.32 Å². The van der Waals surface area contributed by atoms with Crippen LogP contribution < -0.4 is 10.6 Å². The van der Waals surface area contributed by atoms with Gasteiger partial charge in [0.1, 0.15) is 5.76 Å². The minimum atomic E-state index is -0.282. The van der Waals surface area contributed by atoms with E-state index >= 15 is 0 Å². The van der Waals surface area contributed by atoms with Crippen LogP contribution in [0.25, 0.3) is 10.8 Å². The zero-order chi connectivity index (χ0) is 24.6. The van der Waals surface area contributed by atoms with Crippen molar-refractivity contribution in [3.8, 4) is 0 Å². The Labute approximate surface area is 204 Å². The normalized spacial score (nSPS) is 20.7. The van der Waals surface area contributed by atoms with Gasteiger partial charge < -0.3 is 15.2 Å². The van der Waals surface area contributed by atoms with Crippen LogP contribution in [0.4, 0.5) is 5.69 Å². The topological polar surface area (TPSA) is 84.2 Å². The van der Waals surface area contributed by atoms with Crippen molar-refractivity contribution >= 4 is 28.3 Å². The van der Waals surface area contributed by atoms with Crippen molar-refractivity contribution in [1.82, 2.24) is 10.5 Å². The number of benzene rings is 3. The Morgan fingerprint density at radius 1 is 1.00 bits per heavy atom. The minimum Gasteiger partial charge on any atom is -0.361 e. The lowest BCUT2D eigenvalue weighted by atomic mass is 9.86. The first-order valence-corrected chi connectivity index (χ1v) is 11.9. The molecule has 3 unspecified atom stereocenters. The molecule has 2 N–H and O–H groups in total. The standard InChI is InChI=1S/C29H29N3O3/c1-18-15-25(32-35-18)28(34)31-26(21-10-5-4-6-11-21)29(3)17-24(29)19(2)27(33)30-23-14-13-20-9-7-8-12-22(20)16-23/h4-16,19,24,26H,17H2,1-3H3,(H,30,33)(H,31,34)/t19?,24?,26?,29-/m0/s1. The third kappa shape index (κ3) is 4.56. The number of carbonyl (C=O) groups excluding carboxylic acids is 2. The molecule has 35 heavy (non-hydrogen) atoms. The molecule has 0 bridgehead atoms. The van der Waals surface area contributed by atoms with Crippen LogP contribution in [0, 0.1) is 24.2 Å². The van der Waals surface area contributed by atoms with E-state index in [1.807, 2.05) is 73.7 Å². The van der Waals surface area contributed by atoms with Crippen LogP contribution in [-0.2, 0) is 4.79 Å². The van der Waals surface area contributed by atoms with E-state index in [1.54, 1.807) is 13.0 Å². The van der Waals surface area contributed by atoms with E-state index in [0.29, 0.717) is 5.76 Å². The molecule has 1 saturated carbocycles. The second-order valence-electron chi connectivity index (χ2n) is 9.80. The summed E-state index contributed by atoms with van der Waals surface area (Å²) in [6.07, 6.45) is 0.830. The summed E-state index contributed by atoms with van der Waals surface area (Å²) in [6, 6.07) is 25.3. The van der Waals surface area contributed by atoms with Gasteiger partial charge in [0.05, 0.1) is 6.04 Å². The molecule has 1 fully saturated rings. The third-order valence-electron chi connectivity index (χ3n) is 7.31. The molecule has 4 atom stereocenters. The number of fused-ring (bicyclic) bond motifs is 1. The van der Waals surface area contributed by atoms with Crippen molar-refractivity contribution in [3.05, 3.63) is 95.9 Å². The van der Waals surface area contributed by atoms with E-state index < -0.39 is 0 Å². The maximum atomic E-state index is 13.2. The lowest BCUT2D eigenvalue weighted by Crippen LogP contribution is -2.36. The molecular weight excluding hydrogens is 438 g/mol. The van der Waals surface area contributed by atoms with Crippen molar-refractivity contribution < 1.29 is 14.1 Å². The number of hydrogen-bond donors (Lipinski definition) is 2. The first-order chi connectivity index (χ1) is 16.8. The Bertz CT molecular complexity index is 1380. The summed E-state index contributed by atoms with van der Waals surface area (Å²) in [6.45, 7) is 5.87. The number of nitrogens with one attached hydrogen (secondary N) is 2. The first-order valence-electron chi connectivity index (χ1n) is 11.9. The Balaban J connectivity index is 1.33. The summed E-state index contributed by atoms with van der Waals surface area (Å²) in [5, 5.41) is 12.3. The summed E-state index contributed by atoms with van der Waals surface area (Å²) >= 11 is 0. The van der Waals surface area contributed by atoms with E-state index in [2.05, 4.69) is 28.8 Å². The molecule has 1 aliphatic carbocycles. The van der Waals surface area contributed by atoms with Gasteiger partial charge in [0.25, 0.3) is 5.91 Å². The van der Waals surface area contributed by atoms with Gasteiger partial charge in [-0.05, 0) is 53.1 Å². The highest BCUT2D eigenvalue weighted by molar-refractivity contribution is 5.96. The smallest absolute Gasteiger partial charge is 0.273 e. The number of rotatable bonds is 7. The van der Waals surface area contributed by atoms with Crippen LogP contribution >= 0.6 is 0 Å². The minimum absolute atomic E-state index is 0.0146. The van der Waals surface area contributed by atoms with Crippen LogP contribution in [0.1, 0.15) is 48.1 Å². The van der Waals surface area contributed by atoms with Crippen LogP contribution in [-0.4, -0.2) is 17.0 Å². The predicted molar refractivity (Wildman–Crippen MR) is 136 cm³/mol. The van der Waals surface area contributed by atoms with Gasteiger partial charge in [-0.15, -0.1) is 0 Å². The molecule has 1 heterocycles. The lowest BCUT2D eigenvalue weighted by molar-refractivity contribution is -0.120. The van der Waals surface area contributed by atoms with Gasteiger partial charge in [-0.25, -0.2) is 0 Å². The summed E-state index contributed by atoms with van der Waals surface area (Å²) in [7, 11) is 0. The summed E-state index contributed by atoms with van der Waals surface area (Å²) < 4.78 is 5.08. The van der Waals surface area contributed by atoms with Crippen LogP contribution in [0.5, 0.6) is 0 Å². The van der Waals surface area contributed by atoms with E-state index in [-0.39, 0.29) is 40.8 Å². The maximum absolute atomic E-state index is 13.2. The first kappa shape index (κ1) is 22.8. The molecule has 1 aliphatic rings. The second kappa shape index (κ2) is 9.02. The fourth-order valence-corrected chi connectivity index (χ4v) is 5.15. The van der Waals surface area contributed by atoms with Crippen molar-refractivity contribution in [2.45, 2.75) is 33.2 Å². The largest absolute Gasteiger partial charge is 0.361 e. The van der Waals surface area contributed by atoms with Crippen LogP contribution in [0.15, 0.2) is 83.4 Å².